The van der Waals surface area contributed by atoms with Crippen molar-refractivity contribution in [1.82, 2.24) is 10.6 Å². The molecule has 136 valence electrons. The van der Waals surface area contributed by atoms with Gasteiger partial charge in [0.25, 0.3) is 0 Å². The SMILES string of the molecule is CC(CNC(=O)CC(C)C1CCNCC1)Oc1ccccc1F.Cl. The van der Waals surface area contributed by atoms with Gasteiger partial charge < -0.3 is 15.4 Å². The molecule has 1 fully saturated rings. The van der Waals surface area contributed by atoms with Crippen molar-refractivity contribution in [1.29, 1.82) is 0 Å². The van der Waals surface area contributed by atoms with E-state index >= 15 is 0 Å². The van der Waals surface area contributed by atoms with E-state index in [-0.39, 0.29) is 36.0 Å². The van der Waals surface area contributed by atoms with E-state index in [0.29, 0.717) is 24.8 Å². The molecule has 6 heteroatoms. The molecule has 1 heterocycles. The van der Waals surface area contributed by atoms with Crippen LogP contribution in [0.3, 0.4) is 0 Å². The Labute approximate surface area is 149 Å². The number of amides is 1. The maximum Gasteiger partial charge on any atom is 0.220 e. The summed E-state index contributed by atoms with van der Waals surface area (Å²) in [5.74, 6) is 0.886. The van der Waals surface area contributed by atoms with Crippen LogP contribution < -0.4 is 15.4 Å². The van der Waals surface area contributed by atoms with Crippen molar-refractivity contribution in [3.05, 3.63) is 30.1 Å². The number of piperidine rings is 1. The first-order chi connectivity index (χ1) is 11.1. The van der Waals surface area contributed by atoms with Gasteiger partial charge in [0.15, 0.2) is 11.6 Å². The Bertz CT molecular complexity index is 510. The molecule has 2 rings (SSSR count). The molecule has 24 heavy (non-hydrogen) atoms. The van der Waals surface area contributed by atoms with Crippen LogP contribution in [0.15, 0.2) is 24.3 Å². The number of carbonyl (C=O) groups excluding carboxylic acids is 1. The van der Waals surface area contributed by atoms with Crippen LogP contribution in [0.2, 0.25) is 0 Å². The second kappa shape index (κ2) is 10.5. The molecule has 2 atom stereocenters. The lowest BCUT2D eigenvalue weighted by molar-refractivity contribution is -0.122. The Kier molecular flexibility index (Phi) is 9.08. The smallest absolute Gasteiger partial charge is 0.220 e. The standard InChI is InChI=1S/C18H27FN2O2.ClH/c1-13(15-7-9-20-10-8-15)11-18(22)21-12-14(2)23-17-6-4-3-5-16(17)19;/h3-6,13-15,20H,7-12H2,1-2H3,(H,21,22);1H. The number of hydrogen-bond donors (Lipinski definition) is 2. The van der Waals surface area contributed by atoms with Gasteiger partial charge in [-0.05, 0) is 56.8 Å². The highest BCUT2D eigenvalue weighted by atomic mass is 35.5. The molecule has 0 bridgehead atoms. The summed E-state index contributed by atoms with van der Waals surface area (Å²) < 4.78 is 19.0. The van der Waals surface area contributed by atoms with Crippen LogP contribution in [-0.2, 0) is 4.79 Å². The normalized spacial score (nSPS) is 17.5. The monoisotopic (exact) mass is 358 g/mol. The van der Waals surface area contributed by atoms with E-state index in [2.05, 4.69) is 17.6 Å². The molecule has 4 nitrogen and oxygen atoms in total. The first-order valence-corrected chi connectivity index (χ1v) is 8.45. The highest BCUT2D eigenvalue weighted by molar-refractivity contribution is 5.85. The molecular formula is C18H28ClFN2O2. The molecule has 0 aromatic heterocycles. The second-order valence-corrected chi connectivity index (χ2v) is 6.43. The zero-order valence-electron chi connectivity index (χ0n) is 14.4. The molecule has 2 unspecified atom stereocenters. The van der Waals surface area contributed by atoms with Crippen LogP contribution in [0, 0.1) is 17.7 Å². The third-order valence-electron chi connectivity index (χ3n) is 4.45. The molecule has 0 spiro atoms. The number of para-hydroxylation sites is 1. The van der Waals surface area contributed by atoms with Crippen LogP contribution in [0.25, 0.3) is 0 Å². The molecule has 1 aromatic carbocycles. The third-order valence-corrected chi connectivity index (χ3v) is 4.45. The molecule has 1 saturated heterocycles. The number of nitrogens with one attached hydrogen (secondary N) is 2. The fourth-order valence-electron chi connectivity index (χ4n) is 3.00. The maximum atomic E-state index is 13.5. The van der Waals surface area contributed by atoms with Crippen molar-refractivity contribution in [3.8, 4) is 5.75 Å². The van der Waals surface area contributed by atoms with Gasteiger partial charge in [0.2, 0.25) is 5.91 Å². The lowest BCUT2D eigenvalue weighted by atomic mass is 9.84. The predicted molar refractivity (Wildman–Crippen MR) is 96.1 cm³/mol. The van der Waals surface area contributed by atoms with Crippen molar-refractivity contribution in [2.45, 2.75) is 39.2 Å². The average Bonchev–Trinajstić information content (AvgIpc) is 2.56. The van der Waals surface area contributed by atoms with Gasteiger partial charge in [0.1, 0.15) is 6.10 Å². The molecular weight excluding hydrogens is 331 g/mol. The van der Waals surface area contributed by atoms with Crippen molar-refractivity contribution in [2.75, 3.05) is 19.6 Å². The Morgan fingerprint density at radius 3 is 2.67 bits per heavy atom. The number of ether oxygens (including phenoxy) is 1. The quantitative estimate of drug-likeness (QED) is 0.787. The van der Waals surface area contributed by atoms with Gasteiger partial charge in [-0.3, -0.25) is 4.79 Å². The zero-order chi connectivity index (χ0) is 16.7. The van der Waals surface area contributed by atoms with Crippen molar-refractivity contribution in [2.24, 2.45) is 11.8 Å². The zero-order valence-corrected chi connectivity index (χ0v) is 15.2. The second-order valence-electron chi connectivity index (χ2n) is 6.43. The van der Waals surface area contributed by atoms with Crippen LogP contribution in [-0.4, -0.2) is 31.6 Å². The van der Waals surface area contributed by atoms with Gasteiger partial charge in [-0.15, -0.1) is 12.4 Å². The summed E-state index contributed by atoms with van der Waals surface area (Å²) in [6, 6.07) is 6.30. The Morgan fingerprint density at radius 2 is 2.00 bits per heavy atom. The Morgan fingerprint density at radius 1 is 1.33 bits per heavy atom. The summed E-state index contributed by atoms with van der Waals surface area (Å²) in [5, 5.41) is 6.23. The minimum absolute atomic E-state index is 0. The number of benzene rings is 1. The number of halogens is 2. The lowest BCUT2D eigenvalue weighted by Crippen LogP contribution is -2.36. The van der Waals surface area contributed by atoms with E-state index in [0.717, 1.165) is 25.9 Å². The van der Waals surface area contributed by atoms with Crippen LogP contribution in [0.4, 0.5) is 4.39 Å². The first-order valence-electron chi connectivity index (χ1n) is 8.45. The summed E-state index contributed by atoms with van der Waals surface area (Å²) in [4.78, 5) is 12.1. The molecule has 1 aliphatic rings. The summed E-state index contributed by atoms with van der Waals surface area (Å²) in [6.45, 7) is 6.44. The highest BCUT2D eigenvalue weighted by Crippen LogP contribution is 2.24. The predicted octanol–water partition coefficient (Wildman–Crippen LogP) is 3.16. The van der Waals surface area contributed by atoms with Crippen molar-refractivity contribution in [3.63, 3.8) is 0 Å². The molecule has 1 amide bonds. The molecule has 1 aromatic rings. The van der Waals surface area contributed by atoms with Gasteiger partial charge >= 0.3 is 0 Å². The van der Waals surface area contributed by atoms with Gasteiger partial charge in [-0.25, -0.2) is 4.39 Å². The minimum atomic E-state index is -0.384. The highest BCUT2D eigenvalue weighted by Gasteiger charge is 2.22. The van der Waals surface area contributed by atoms with E-state index in [4.69, 9.17) is 4.74 Å². The number of hydrogen-bond acceptors (Lipinski definition) is 3. The van der Waals surface area contributed by atoms with Crippen LogP contribution >= 0.6 is 12.4 Å². The van der Waals surface area contributed by atoms with Gasteiger partial charge in [-0.1, -0.05) is 19.1 Å². The number of rotatable bonds is 7. The van der Waals surface area contributed by atoms with E-state index in [1.807, 2.05) is 6.92 Å². The maximum absolute atomic E-state index is 13.5. The van der Waals surface area contributed by atoms with Gasteiger partial charge in [0.05, 0.1) is 6.54 Å². The summed E-state index contributed by atoms with van der Waals surface area (Å²) in [7, 11) is 0. The van der Waals surface area contributed by atoms with Crippen LogP contribution in [0.1, 0.15) is 33.1 Å². The van der Waals surface area contributed by atoms with Crippen molar-refractivity contribution < 1.29 is 13.9 Å². The number of carbonyl (C=O) groups is 1. The fourth-order valence-corrected chi connectivity index (χ4v) is 3.00. The molecule has 1 aliphatic heterocycles. The summed E-state index contributed by atoms with van der Waals surface area (Å²) in [6.07, 6.45) is 2.55. The van der Waals surface area contributed by atoms with Gasteiger partial charge in [0, 0.05) is 6.42 Å². The van der Waals surface area contributed by atoms with E-state index < -0.39 is 0 Å². The Hall–Kier alpha value is -1.33. The van der Waals surface area contributed by atoms with Crippen LogP contribution in [0.5, 0.6) is 5.75 Å². The fraction of sp³-hybridized carbons (Fsp3) is 0.611. The lowest BCUT2D eigenvalue weighted by Gasteiger charge is -2.28. The van der Waals surface area contributed by atoms with Gasteiger partial charge in [-0.2, -0.15) is 0 Å². The summed E-state index contributed by atoms with van der Waals surface area (Å²) >= 11 is 0. The Balaban J connectivity index is 0.00000288. The van der Waals surface area contributed by atoms with Crippen molar-refractivity contribution >= 4 is 18.3 Å². The molecule has 0 radical (unpaired) electrons. The third kappa shape index (κ3) is 6.65. The largest absolute Gasteiger partial charge is 0.486 e. The molecule has 0 aliphatic carbocycles. The topological polar surface area (TPSA) is 50.4 Å². The molecule has 0 saturated carbocycles. The molecule has 2 N–H and O–H groups in total. The minimum Gasteiger partial charge on any atom is -0.486 e. The first kappa shape index (κ1) is 20.7. The average molecular weight is 359 g/mol. The van der Waals surface area contributed by atoms with E-state index in [9.17, 15) is 9.18 Å². The van der Waals surface area contributed by atoms with E-state index in [1.54, 1.807) is 18.2 Å². The summed E-state index contributed by atoms with van der Waals surface area (Å²) in [5.41, 5.74) is 0. The van der Waals surface area contributed by atoms with E-state index in [1.165, 1.54) is 6.07 Å².